The molecule has 0 aliphatic heterocycles. The number of hydrogen-bond acceptors (Lipinski definition) is 4. The highest BCUT2D eigenvalue weighted by Crippen LogP contribution is 2.12. The highest BCUT2D eigenvalue weighted by atomic mass is 16.1. The molecule has 2 rings (SSSR count). The molecule has 0 unspecified atom stereocenters. The molecule has 0 fully saturated rings. The monoisotopic (exact) mass is 266 g/mol. The van der Waals surface area contributed by atoms with Crippen molar-refractivity contribution in [3.63, 3.8) is 0 Å². The SMILES string of the molecule is Cc1ccc(C#CCN)cc1C(=O)Nc1cccnn1. The molecule has 3 N–H and O–H groups in total. The Bertz CT molecular complexity index is 671. The number of nitrogens with two attached hydrogens (primary N) is 1. The van der Waals surface area contributed by atoms with E-state index in [1.54, 1.807) is 24.4 Å². The topological polar surface area (TPSA) is 80.9 Å². The molecule has 0 saturated carbocycles. The summed E-state index contributed by atoms with van der Waals surface area (Å²) in [6, 6.07) is 8.84. The molecule has 100 valence electrons. The predicted molar refractivity (Wildman–Crippen MR) is 77.1 cm³/mol. The number of carbonyl (C=O) groups is 1. The van der Waals surface area contributed by atoms with Crippen molar-refractivity contribution in [2.75, 3.05) is 11.9 Å². The Balaban J connectivity index is 2.25. The number of anilines is 1. The summed E-state index contributed by atoms with van der Waals surface area (Å²) in [6.45, 7) is 2.15. The number of nitrogens with one attached hydrogen (secondary N) is 1. The lowest BCUT2D eigenvalue weighted by Gasteiger charge is -2.07. The zero-order valence-corrected chi connectivity index (χ0v) is 11.1. The molecule has 2 aromatic rings. The van der Waals surface area contributed by atoms with Gasteiger partial charge in [0.25, 0.3) is 5.91 Å². The minimum Gasteiger partial charge on any atom is -0.320 e. The van der Waals surface area contributed by atoms with Crippen LogP contribution in [0.3, 0.4) is 0 Å². The summed E-state index contributed by atoms with van der Waals surface area (Å²) in [6.07, 6.45) is 1.55. The maximum absolute atomic E-state index is 12.2. The van der Waals surface area contributed by atoms with Gasteiger partial charge in [0.15, 0.2) is 5.82 Å². The highest BCUT2D eigenvalue weighted by molar-refractivity contribution is 6.04. The number of aromatic nitrogens is 2. The largest absolute Gasteiger partial charge is 0.320 e. The minimum atomic E-state index is -0.237. The second kappa shape index (κ2) is 6.45. The number of amides is 1. The lowest BCUT2D eigenvalue weighted by atomic mass is 10.0. The molecule has 0 bridgehead atoms. The van der Waals surface area contributed by atoms with Gasteiger partial charge in [-0.3, -0.25) is 4.79 Å². The van der Waals surface area contributed by atoms with Gasteiger partial charge in [-0.05, 0) is 36.8 Å². The van der Waals surface area contributed by atoms with Crippen molar-refractivity contribution < 1.29 is 4.79 Å². The van der Waals surface area contributed by atoms with E-state index < -0.39 is 0 Å². The van der Waals surface area contributed by atoms with Crippen molar-refractivity contribution in [3.05, 3.63) is 53.2 Å². The number of hydrogen-bond donors (Lipinski definition) is 2. The lowest BCUT2D eigenvalue weighted by Crippen LogP contribution is -2.14. The van der Waals surface area contributed by atoms with E-state index in [9.17, 15) is 4.79 Å². The molecule has 0 aliphatic rings. The van der Waals surface area contributed by atoms with Crippen LogP contribution >= 0.6 is 0 Å². The molecule has 5 nitrogen and oxygen atoms in total. The van der Waals surface area contributed by atoms with Gasteiger partial charge in [0.1, 0.15) is 0 Å². The molecule has 1 aromatic carbocycles. The molecule has 1 heterocycles. The van der Waals surface area contributed by atoms with Gasteiger partial charge in [0.2, 0.25) is 0 Å². The van der Waals surface area contributed by atoms with E-state index >= 15 is 0 Å². The predicted octanol–water partition coefficient (Wildman–Crippen LogP) is 1.35. The van der Waals surface area contributed by atoms with Crippen LogP contribution in [0, 0.1) is 18.8 Å². The Kier molecular flexibility index (Phi) is 4.43. The summed E-state index contributed by atoms with van der Waals surface area (Å²) < 4.78 is 0. The molecule has 0 radical (unpaired) electrons. The maximum Gasteiger partial charge on any atom is 0.257 e. The van der Waals surface area contributed by atoms with Crippen molar-refractivity contribution in [3.8, 4) is 11.8 Å². The average Bonchev–Trinajstić information content (AvgIpc) is 2.47. The van der Waals surface area contributed by atoms with Crippen molar-refractivity contribution in [2.45, 2.75) is 6.92 Å². The molecule has 1 amide bonds. The van der Waals surface area contributed by atoms with E-state index in [-0.39, 0.29) is 12.5 Å². The van der Waals surface area contributed by atoms with Gasteiger partial charge >= 0.3 is 0 Å². The van der Waals surface area contributed by atoms with Gasteiger partial charge in [-0.15, -0.1) is 5.10 Å². The Morgan fingerprint density at radius 1 is 1.40 bits per heavy atom. The van der Waals surface area contributed by atoms with Gasteiger partial charge in [-0.2, -0.15) is 5.10 Å². The number of benzene rings is 1. The normalized spacial score (nSPS) is 9.50. The third kappa shape index (κ3) is 3.40. The summed E-state index contributed by atoms with van der Waals surface area (Å²) in [4.78, 5) is 12.2. The molecule has 0 spiro atoms. The number of nitrogens with zero attached hydrogens (tertiary/aromatic N) is 2. The third-order valence-corrected chi connectivity index (χ3v) is 2.63. The van der Waals surface area contributed by atoms with Gasteiger partial charge in [-0.1, -0.05) is 17.9 Å². The van der Waals surface area contributed by atoms with Crippen LogP contribution < -0.4 is 11.1 Å². The van der Waals surface area contributed by atoms with E-state index in [0.717, 1.165) is 11.1 Å². The highest BCUT2D eigenvalue weighted by Gasteiger charge is 2.10. The first-order chi connectivity index (χ1) is 9.70. The Hall–Kier alpha value is -2.71. The van der Waals surface area contributed by atoms with Gasteiger partial charge in [0, 0.05) is 17.3 Å². The molecule has 0 atom stereocenters. The van der Waals surface area contributed by atoms with E-state index in [1.165, 1.54) is 0 Å². The van der Waals surface area contributed by atoms with Crippen molar-refractivity contribution in [1.29, 1.82) is 0 Å². The minimum absolute atomic E-state index is 0.237. The molecular weight excluding hydrogens is 252 g/mol. The summed E-state index contributed by atoms with van der Waals surface area (Å²) in [5.74, 6) is 5.85. The van der Waals surface area contributed by atoms with Crippen molar-refractivity contribution in [2.24, 2.45) is 5.73 Å². The number of carbonyl (C=O) groups excluding carboxylic acids is 1. The molecule has 0 aliphatic carbocycles. The maximum atomic E-state index is 12.2. The van der Waals surface area contributed by atoms with Crippen molar-refractivity contribution >= 4 is 11.7 Å². The lowest BCUT2D eigenvalue weighted by molar-refractivity contribution is 0.102. The van der Waals surface area contributed by atoms with E-state index in [4.69, 9.17) is 5.73 Å². The first kappa shape index (κ1) is 13.7. The van der Waals surface area contributed by atoms with Crippen molar-refractivity contribution in [1.82, 2.24) is 10.2 Å². The zero-order chi connectivity index (χ0) is 14.4. The second-order valence-corrected chi connectivity index (χ2v) is 4.10. The summed E-state index contributed by atoms with van der Waals surface area (Å²) >= 11 is 0. The smallest absolute Gasteiger partial charge is 0.257 e. The summed E-state index contributed by atoms with van der Waals surface area (Å²) in [5.41, 5.74) is 7.51. The van der Waals surface area contributed by atoms with Crippen LogP contribution in [0.4, 0.5) is 5.82 Å². The van der Waals surface area contributed by atoms with E-state index in [1.807, 2.05) is 19.1 Å². The quantitative estimate of drug-likeness (QED) is 0.804. The standard InChI is InChI=1S/C15H14N4O/c1-11-6-7-12(4-2-8-16)10-13(11)15(20)18-14-5-3-9-17-19-14/h3,5-7,9-10H,8,16H2,1H3,(H,18,19,20). The Labute approximate surface area is 117 Å². The summed E-state index contributed by atoms with van der Waals surface area (Å²) in [5, 5.41) is 10.2. The van der Waals surface area contributed by atoms with Crippen LogP contribution in [0.2, 0.25) is 0 Å². The number of rotatable bonds is 2. The van der Waals surface area contributed by atoms with Crippen LogP contribution in [0.15, 0.2) is 36.5 Å². The Morgan fingerprint density at radius 3 is 2.95 bits per heavy atom. The van der Waals surface area contributed by atoms with Crippen LogP contribution in [-0.4, -0.2) is 22.6 Å². The molecular formula is C15H14N4O. The molecule has 0 saturated heterocycles. The summed E-state index contributed by atoms with van der Waals surface area (Å²) in [7, 11) is 0. The van der Waals surface area contributed by atoms with Gasteiger partial charge in [0.05, 0.1) is 6.54 Å². The molecule has 20 heavy (non-hydrogen) atoms. The molecule has 1 aromatic heterocycles. The van der Waals surface area contributed by atoms with E-state index in [0.29, 0.717) is 11.4 Å². The first-order valence-corrected chi connectivity index (χ1v) is 6.09. The Morgan fingerprint density at radius 2 is 2.25 bits per heavy atom. The van der Waals surface area contributed by atoms with Crippen LogP contribution in [-0.2, 0) is 0 Å². The average molecular weight is 266 g/mol. The van der Waals surface area contributed by atoms with Gasteiger partial charge in [-0.25, -0.2) is 0 Å². The fraction of sp³-hybridized carbons (Fsp3) is 0.133. The number of aryl methyl sites for hydroxylation is 1. The zero-order valence-electron chi connectivity index (χ0n) is 11.1. The first-order valence-electron chi connectivity index (χ1n) is 6.09. The fourth-order valence-corrected chi connectivity index (χ4v) is 1.65. The van der Waals surface area contributed by atoms with Crippen LogP contribution in [0.25, 0.3) is 0 Å². The fourth-order valence-electron chi connectivity index (χ4n) is 1.65. The van der Waals surface area contributed by atoms with Gasteiger partial charge < -0.3 is 11.1 Å². The third-order valence-electron chi connectivity index (χ3n) is 2.63. The second-order valence-electron chi connectivity index (χ2n) is 4.10. The molecule has 5 heteroatoms. The van der Waals surface area contributed by atoms with Crippen LogP contribution in [0.1, 0.15) is 21.5 Å². The van der Waals surface area contributed by atoms with Crippen LogP contribution in [0.5, 0.6) is 0 Å². The van der Waals surface area contributed by atoms with E-state index in [2.05, 4.69) is 27.4 Å².